The Hall–Kier alpha value is -0.710. The summed E-state index contributed by atoms with van der Waals surface area (Å²) >= 11 is 3.35. The highest BCUT2D eigenvalue weighted by atomic mass is 32.1. The lowest BCUT2D eigenvalue weighted by atomic mass is 10.2. The molecule has 13 heavy (non-hydrogen) atoms. The van der Waals surface area contributed by atoms with Crippen LogP contribution in [0.25, 0.3) is 0 Å². The Bertz CT molecular complexity index is 170. The first-order chi connectivity index (χ1) is 6.20. The number of rotatable bonds is 6. The molecule has 0 aromatic carbocycles. The van der Waals surface area contributed by atoms with Crippen LogP contribution in [0.3, 0.4) is 0 Å². The summed E-state index contributed by atoms with van der Waals surface area (Å²) in [7, 11) is 0. The maximum Gasteiger partial charge on any atom is 0.317 e. The molecule has 0 N–H and O–H groups in total. The molecule has 0 fully saturated rings. The summed E-state index contributed by atoms with van der Waals surface area (Å²) < 4.78 is 8.85. The molecule has 0 aliphatic carbocycles. The molecule has 0 amide bonds. The fraction of sp³-hybridized carbons (Fsp3) is 0.750. The second-order valence-electron chi connectivity index (χ2n) is 2.48. The Morgan fingerprint density at radius 3 is 2.15 bits per heavy atom. The standard InChI is InChI=1S/C8H14O4S/c1-2-11-7(9)5-3-4-6-8(10)12-13/h13H,2-6H2,1H3. The lowest BCUT2D eigenvalue weighted by Crippen LogP contribution is -2.04. The van der Waals surface area contributed by atoms with E-state index in [1.165, 1.54) is 0 Å². The van der Waals surface area contributed by atoms with Crippen LogP contribution in [-0.4, -0.2) is 18.5 Å². The summed E-state index contributed by atoms with van der Waals surface area (Å²) in [6, 6.07) is 0. The summed E-state index contributed by atoms with van der Waals surface area (Å²) in [5, 5.41) is 0. The van der Waals surface area contributed by atoms with Gasteiger partial charge in [-0.05, 0) is 19.8 Å². The average molecular weight is 206 g/mol. The lowest BCUT2D eigenvalue weighted by Gasteiger charge is -2.00. The minimum atomic E-state index is -0.368. The maximum atomic E-state index is 10.8. The minimum absolute atomic E-state index is 0.221. The van der Waals surface area contributed by atoms with Crippen molar-refractivity contribution in [3.8, 4) is 0 Å². The number of carbonyl (C=O) groups is 2. The molecule has 76 valence electrons. The van der Waals surface area contributed by atoms with Gasteiger partial charge in [0.15, 0.2) is 0 Å². The van der Waals surface area contributed by atoms with Crippen LogP contribution in [0.15, 0.2) is 0 Å². The number of unbranched alkanes of at least 4 members (excludes halogenated alkanes) is 1. The number of carbonyl (C=O) groups excluding carboxylic acids is 2. The van der Waals surface area contributed by atoms with Gasteiger partial charge in [-0.3, -0.25) is 9.59 Å². The maximum absolute atomic E-state index is 10.8. The summed E-state index contributed by atoms with van der Waals surface area (Å²) in [5.41, 5.74) is 0. The molecule has 0 saturated carbocycles. The van der Waals surface area contributed by atoms with Gasteiger partial charge in [0, 0.05) is 25.8 Å². The third kappa shape index (κ3) is 7.64. The van der Waals surface area contributed by atoms with Crippen molar-refractivity contribution in [2.75, 3.05) is 6.61 Å². The highest BCUT2D eigenvalue weighted by Gasteiger charge is 2.03. The lowest BCUT2D eigenvalue weighted by molar-refractivity contribution is -0.143. The van der Waals surface area contributed by atoms with E-state index in [2.05, 4.69) is 17.1 Å². The molecule has 0 radical (unpaired) electrons. The van der Waals surface area contributed by atoms with Gasteiger partial charge in [0.25, 0.3) is 0 Å². The Morgan fingerprint density at radius 2 is 1.69 bits per heavy atom. The molecular weight excluding hydrogens is 192 g/mol. The highest BCUT2D eigenvalue weighted by Crippen LogP contribution is 2.03. The van der Waals surface area contributed by atoms with Gasteiger partial charge in [0.05, 0.1) is 6.61 Å². The zero-order chi connectivity index (χ0) is 10.1. The molecule has 0 aliphatic rings. The van der Waals surface area contributed by atoms with Crippen molar-refractivity contribution >= 4 is 24.8 Å². The molecule has 0 unspecified atom stereocenters. The number of hydrogen-bond donors (Lipinski definition) is 1. The van der Waals surface area contributed by atoms with Crippen molar-refractivity contribution in [3.63, 3.8) is 0 Å². The third-order valence-electron chi connectivity index (χ3n) is 1.42. The Kier molecular flexibility index (Phi) is 7.48. The van der Waals surface area contributed by atoms with Gasteiger partial charge < -0.3 is 8.92 Å². The van der Waals surface area contributed by atoms with Gasteiger partial charge in [-0.1, -0.05) is 0 Å². The van der Waals surface area contributed by atoms with Crippen LogP contribution < -0.4 is 0 Å². The topological polar surface area (TPSA) is 52.6 Å². The van der Waals surface area contributed by atoms with Gasteiger partial charge in [-0.2, -0.15) is 0 Å². The molecule has 0 aromatic rings. The molecule has 0 aromatic heterocycles. The minimum Gasteiger partial charge on any atom is -0.466 e. The predicted molar refractivity (Wildman–Crippen MR) is 50.2 cm³/mol. The van der Waals surface area contributed by atoms with Crippen molar-refractivity contribution in [1.82, 2.24) is 0 Å². The SMILES string of the molecule is CCOC(=O)CCCCC(=O)OS. The molecule has 0 aliphatic heterocycles. The molecule has 0 heterocycles. The van der Waals surface area contributed by atoms with Gasteiger partial charge in [-0.15, -0.1) is 0 Å². The van der Waals surface area contributed by atoms with E-state index in [0.717, 1.165) is 0 Å². The molecule has 0 spiro atoms. The molecule has 0 rings (SSSR count). The van der Waals surface area contributed by atoms with E-state index >= 15 is 0 Å². The van der Waals surface area contributed by atoms with Crippen LogP contribution in [-0.2, 0) is 18.5 Å². The zero-order valence-electron chi connectivity index (χ0n) is 7.62. The summed E-state index contributed by atoms with van der Waals surface area (Å²) in [6.45, 7) is 2.16. The number of ether oxygens (including phenoxy) is 1. The number of thiol groups is 1. The molecule has 0 bridgehead atoms. The number of esters is 1. The summed E-state index contributed by atoms with van der Waals surface area (Å²) in [6.07, 6.45) is 1.91. The van der Waals surface area contributed by atoms with Crippen molar-refractivity contribution < 1.29 is 18.5 Å². The largest absolute Gasteiger partial charge is 0.466 e. The van der Waals surface area contributed by atoms with Crippen LogP contribution in [0.1, 0.15) is 32.6 Å². The van der Waals surface area contributed by atoms with Crippen LogP contribution in [0, 0.1) is 0 Å². The Morgan fingerprint density at radius 1 is 1.15 bits per heavy atom. The highest BCUT2D eigenvalue weighted by molar-refractivity contribution is 7.75. The molecule has 4 nitrogen and oxygen atoms in total. The molecular formula is C8H14O4S. The van der Waals surface area contributed by atoms with Crippen LogP contribution in [0.5, 0.6) is 0 Å². The van der Waals surface area contributed by atoms with Crippen molar-refractivity contribution in [2.45, 2.75) is 32.6 Å². The molecule has 5 heteroatoms. The van der Waals surface area contributed by atoms with Gasteiger partial charge in [0.1, 0.15) is 0 Å². The molecule has 0 saturated heterocycles. The summed E-state index contributed by atoms with van der Waals surface area (Å²) in [4.78, 5) is 21.4. The van der Waals surface area contributed by atoms with Crippen LogP contribution >= 0.6 is 12.9 Å². The van der Waals surface area contributed by atoms with E-state index in [4.69, 9.17) is 4.74 Å². The first kappa shape index (κ1) is 12.3. The first-order valence-corrected chi connectivity index (χ1v) is 4.57. The fourth-order valence-electron chi connectivity index (χ4n) is 0.817. The van der Waals surface area contributed by atoms with Gasteiger partial charge >= 0.3 is 11.9 Å². The van der Waals surface area contributed by atoms with Crippen molar-refractivity contribution in [1.29, 1.82) is 0 Å². The van der Waals surface area contributed by atoms with E-state index in [9.17, 15) is 9.59 Å². The van der Waals surface area contributed by atoms with Gasteiger partial charge in [-0.25, -0.2) is 0 Å². The second-order valence-corrected chi connectivity index (χ2v) is 2.66. The van der Waals surface area contributed by atoms with E-state index in [-0.39, 0.29) is 11.9 Å². The Balaban J connectivity index is 3.25. The smallest absolute Gasteiger partial charge is 0.317 e. The Labute approximate surface area is 83.2 Å². The van der Waals surface area contributed by atoms with Crippen LogP contribution in [0.4, 0.5) is 0 Å². The average Bonchev–Trinajstić information content (AvgIpc) is 2.12. The van der Waals surface area contributed by atoms with Crippen LogP contribution in [0.2, 0.25) is 0 Å². The third-order valence-corrected chi connectivity index (χ3v) is 1.62. The van der Waals surface area contributed by atoms with Gasteiger partial charge in [0.2, 0.25) is 0 Å². The monoisotopic (exact) mass is 206 g/mol. The van der Waals surface area contributed by atoms with Crippen molar-refractivity contribution in [3.05, 3.63) is 0 Å². The normalized spacial score (nSPS) is 9.38. The van der Waals surface area contributed by atoms with E-state index in [0.29, 0.717) is 32.3 Å². The predicted octanol–water partition coefficient (Wildman–Crippen LogP) is 1.50. The summed E-state index contributed by atoms with van der Waals surface area (Å²) in [5.74, 6) is -0.589. The first-order valence-electron chi connectivity index (χ1n) is 4.20. The van der Waals surface area contributed by atoms with E-state index in [1.54, 1.807) is 6.92 Å². The fourth-order valence-corrected chi connectivity index (χ4v) is 0.909. The van der Waals surface area contributed by atoms with E-state index in [1.807, 2.05) is 0 Å². The number of hydrogen-bond acceptors (Lipinski definition) is 5. The second kappa shape index (κ2) is 7.91. The molecule has 0 atom stereocenters. The van der Waals surface area contributed by atoms with Crippen molar-refractivity contribution in [2.24, 2.45) is 0 Å². The van der Waals surface area contributed by atoms with E-state index < -0.39 is 0 Å². The quantitative estimate of drug-likeness (QED) is 0.310. The zero-order valence-corrected chi connectivity index (χ0v) is 8.51.